The normalized spacial score (nSPS) is 12.1. The van der Waals surface area contributed by atoms with Gasteiger partial charge in [-0.1, -0.05) is 0 Å². The maximum atomic E-state index is 12.5. The monoisotopic (exact) mass is 378 g/mol. The molecule has 0 fully saturated rings. The summed E-state index contributed by atoms with van der Waals surface area (Å²) < 4.78 is 44.5. The molecular weight excluding hydrogens is 361 g/mol. The number of rotatable bonds is 6. The average molecular weight is 376 g/mol. The van der Waals surface area contributed by atoms with Crippen LogP contribution < -0.4 is 3.61 Å². The van der Waals surface area contributed by atoms with E-state index in [1.165, 1.54) is 6.07 Å². The molecule has 18 heavy (non-hydrogen) atoms. The van der Waals surface area contributed by atoms with E-state index >= 15 is 0 Å². The predicted molar refractivity (Wildman–Crippen MR) is 63.9 cm³/mol. The van der Waals surface area contributed by atoms with Gasteiger partial charge in [-0.2, -0.15) is 0 Å². The van der Waals surface area contributed by atoms with Gasteiger partial charge in [-0.15, -0.1) is 0 Å². The van der Waals surface area contributed by atoms with Crippen molar-refractivity contribution < 1.29 is 22.6 Å². The van der Waals surface area contributed by atoms with Crippen LogP contribution in [0.2, 0.25) is 0 Å². The van der Waals surface area contributed by atoms with Crippen molar-refractivity contribution in [3.63, 3.8) is 0 Å². The summed E-state index contributed by atoms with van der Waals surface area (Å²) in [6.45, 7) is 4.36. The fourth-order valence-corrected chi connectivity index (χ4v) is 3.36. The Kier molecular flexibility index (Phi) is 6.44. The van der Waals surface area contributed by atoms with Crippen LogP contribution in [0.3, 0.4) is 0 Å². The Bertz CT molecular complexity index is 363. The molecule has 0 bridgehead atoms. The topological polar surface area (TPSA) is 18.5 Å². The zero-order valence-corrected chi connectivity index (χ0v) is 12.5. The van der Waals surface area contributed by atoms with Crippen LogP contribution in [0.5, 0.6) is 0 Å². The van der Waals surface area contributed by atoms with Crippen molar-refractivity contribution >= 4 is 24.5 Å². The molecule has 0 aliphatic heterocycles. The van der Waals surface area contributed by atoms with E-state index in [2.05, 4.69) is 0 Å². The van der Waals surface area contributed by atoms with Gasteiger partial charge < -0.3 is 0 Å². The first-order valence-corrected chi connectivity index (χ1v) is 7.88. The molecule has 1 aromatic rings. The minimum atomic E-state index is -4.11. The molecule has 0 spiro atoms. The quantitative estimate of drug-likeness (QED) is 0.562. The summed E-state index contributed by atoms with van der Waals surface area (Å²) in [6.07, 6.45) is -0.705. The molecule has 0 amide bonds. The summed E-state index contributed by atoms with van der Waals surface area (Å²) in [7, 11) is 0. The van der Waals surface area contributed by atoms with Crippen LogP contribution >= 0.6 is 0 Å². The average Bonchev–Trinajstić information content (AvgIpc) is 2.27. The molecule has 0 heterocycles. The van der Waals surface area contributed by atoms with E-state index in [1.807, 2.05) is 0 Å². The first-order chi connectivity index (χ1) is 8.48. The van der Waals surface area contributed by atoms with Crippen LogP contribution in [0.25, 0.3) is 0 Å². The van der Waals surface area contributed by atoms with E-state index in [-0.39, 0.29) is 0 Å². The molecule has 0 saturated carbocycles. The van der Waals surface area contributed by atoms with Crippen molar-refractivity contribution in [1.29, 1.82) is 0 Å². The van der Waals surface area contributed by atoms with Crippen molar-refractivity contribution in [2.24, 2.45) is 0 Å². The summed E-state index contributed by atoms with van der Waals surface area (Å²) in [4.78, 5) is 0. The zero-order chi connectivity index (χ0) is 13.6. The first-order valence-electron chi connectivity index (χ1n) is 5.55. The van der Waals surface area contributed by atoms with E-state index in [0.29, 0.717) is 22.4 Å². The molecule has 0 atom stereocenters. The number of benzene rings is 1. The van der Waals surface area contributed by atoms with Gasteiger partial charge >= 0.3 is 115 Å². The van der Waals surface area contributed by atoms with Crippen molar-refractivity contribution in [3.8, 4) is 0 Å². The van der Waals surface area contributed by atoms with Crippen molar-refractivity contribution in [3.05, 3.63) is 29.8 Å². The second-order valence-corrected chi connectivity index (χ2v) is 6.49. The molecule has 102 valence electrons. The Hall–Kier alpha value is -0.280. The van der Waals surface area contributed by atoms with Gasteiger partial charge in [0.05, 0.1) is 0 Å². The van der Waals surface area contributed by atoms with Crippen molar-refractivity contribution in [2.45, 2.75) is 24.4 Å². The second kappa shape index (κ2) is 7.34. The summed E-state index contributed by atoms with van der Waals surface area (Å²) >= 11 is -2.25. The van der Waals surface area contributed by atoms with Crippen LogP contribution in [-0.4, -0.2) is 38.4 Å². The molecule has 2 nitrogen and oxygen atoms in total. The Morgan fingerprint density at radius 2 is 1.67 bits per heavy atom. The number of ether oxygens (including phenoxy) is 2. The van der Waals surface area contributed by atoms with E-state index in [1.54, 1.807) is 32.0 Å². The summed E-state index contributed by atoms with van der Waals surface area (Å²) in [5, 5.41) is 0. The van der Waals surface area contributed by atoms with Crippen LogP contribution in [0.4, 0.5) is 13.2 Å². The van der Waals surface area contributed by atoms with Gasteiger partial charge in [0.2, 0.25) is 0 Å². The number of halogens is 3. The number of alkyl halides is 3. The van der Waals surface area contributed by atoms with Gasteiger partial charge in [-0.3, -0.25) is 0 Å². The Balaban J connectivity index is 2.97. The first kappa shape index (κ1) is 15.8. The van der Waals surface area contributed by atoms with E-state index in [4.69, 9.17) is 9.47 Å². The molecule has 0 unspecified atom stereocenters. The number of hydrogen-bond acceptors (Lipinski definition) is 2. The molecule has 0 aromatic heterocycles. The predicted octanol–water partition coefficient (Wildman–Crippen LogP) is 2.61. The molecule has 0 saturated heterocycles. The van der Waals surface area contributed by atoms with E-state index in [0.717, 1.165) is 0 Å². The van der Waals surface area contributed by atoms with Crippen LogP contribution in [0, 0.1) is 0 Å². The molecule has 6 heteroatoms. The van der Waals surface area contributed by atoms with Crippen LogP contribution in [-0.2, 0) is 9.47 Å². The summed E-state index contributed by atoms with van der Waals surface area (Å²) in [6, 6.07) is 6.47. The summed E-state index contributed by atoms with van der Waals surface area (Å²) in [5.41, 5.74) is 0.501. The van der Waals surface area contributed by atoms with Gasteiger partial charge in [-0.25, -0.2) is 0 Å². The van der Waals surface area contributed by atoms with Gasteiger partial charge in [0.25, 0.3) is 0 Å². The summed E-state index contributed by atoms with van der Waals surface area (Å²) in [5.74, 6) is 0. The van der Waals surface area contributed by atoms with Crippen molar-refractivity contribution in [1.82, 2.24) is 0 Å². The third-order valence-corrected chi connectivity index (χ3v) is 4.38. The van der Waals surface area contributed by atoms with Crippen molar-refractivity contribution in [2.75, 3.05) is 13.2 Å². The maximum absolute atomic E-state index is 12.5. The molecule has 0 aliphatic carbocycles. The Morgan fingerprint density at radius 3 is 2.17 bits per heavy atom. The third-order valence-electron chi connectivity index (χ3n) is 2.03. The molecule has 0 aliphatic rings. The molecule has 1 rings (SSSR count). The third kappa shape index (κ3) is 5.15. The molecular formula is C12H15F3O2Te. The Labute approximate surface area is 115 Å². The van der Waals surface area contributed by atoms with Gasteiger partial charge in [-0.05, 0) is 0 Å². The van der Waals surface area contributed by atoms with Crippen LogP contribution in [0.1, 0.15) is 25.7 Å². The van der Waals surface area contributed by atoms with Gasteiger partial charge in [0, 0.05) is 0 Å². The van der Waals surface area contributed by atoms with Crippen LogP contribution in [0.15, 0.2) is 24.3 Å². The zero-order valence-electron chi connectivity index (χ0n) is 10.2. The Morgan fingerprint density at radius 1 is 1.11 bits per heavy atom. The standard InChI is InChI=1S/C12H15F3O2Te/c1-3-16-11(17-4-2)9-7-5-6-8-10(9)18-12(13,14)15/h5-8,11H,3-4H2,1-2H3. The molecule has 1 aromatic carbocycles. The van der Waals surface area contributed by atoms with E-state index in [9.17, 15) is 13.2 Å². The molecule has 0 radical (unpaired) electrons. The molecule has 0 N–H and O–H groups in total. The number of hydrogen-bond donors (Lipinski definition) is 0. The SMILES string of the molecule is CCOC(OCC)c1ccccc1[Te]C(F)(F)F. The second-order valence-electron chi connectivity index (χ2n) is 3.33. The minimum absolute atomic E-state index is 0.322. The fourth-order valence-electron chi connectivity index (χ4n) is 1.42. The van der Waals surface area contributed by atoms with E-state index < -0.39 is 31.4 Å². The van der Waals surface area contributed by atoms with Gasteiger partial charge in [0.15, 0.2) is 0 Å². The fraction of sp³-hybridized carbons (Fsp3) is 0.500. The van der Waals surface area contributed by atoms with Gasteiger partial charge in [0.1, 0.15) is 0 Å².